The summed E-state index contributed by atoms with van der Waals surface area (Å²) in [7, 11) is 0. The molecule has 0 bridgehead atoms. The van der Waals surface area contributed by atoms with Crippen molar-refractivity contribution in [1.29, 1.82) is 0 Å². The Kier molecular flexibility index (Phi) is 10.3. The van der Waals surface area contributed by atoms with Crippen LogP contribution in [0.15, 0.2) is 121 Å². The molecule has 0 aliphatic carbocycles. The van der Waals surface area contributed by atoms with Gasteiger partial charge in [-0.3, -0.25) is 0 Å². The molecular formula is C34H34O4. The van der Waals surface area contributed by atoms with Crippen molar-refractivity contribution in [3.63, 3.8) is 0 Å². The molecule has 0 atom stereocenters. The van der Waals surface area contributed by atoms with E-state index in [9.17, 15) is 9.59 Å². The van der Waals surface area contributed by atoms with Crippen LogP contribution in [-0.4, -0.2) is 11.9 Å². The fourth-order valence-corrected chi connectivity index (χ4v) is 4.87. The van der Waals surface area contributed by atoms with Gasteiger partial charge < -0.3 is 0 Å². The summed E-state index contributed by atoms with van der Waals surface area (Å²) in [5, 5.41) is 0. The van der Waals surface area contributed by atoms with Crippen LogP contribution in [0.25, 0.3) is 0 Å². The molecule has 4 heteroatoms. The smallest absolute Gasteiger partial charge is 0.247 e. The van der Waals surface area contributed by atoms with Crippen molar-refractivity contribution in [1.82, 2.24) is 0 Å². The number of carbonyl (C=O) groups is 2. The van der Waals surface area contributed by atoms with Crippen LogP contribution in [0.3, 0.4) is 0 Å². The van der Waals surface area contributed by atoms with Gasteiger partial charge in [-0.05, 0) is 47.9 Å². The van der Waals surface area contributed by atoms with Gasteiger partial charge in [-0.2, -0.15) is 0 Å². The lowest BCUT2D eigenvalue weighted by Gasteiger charge is -2.18. The molecule has 194 valence electrons. The first kappa shape index (κ1) is 26.9. The van der Waals surface area contributed by atoms with Gasteiger partial charge in [0.2, 0.25) is 0 Å². The summed E-state index contributed by atoms with van der Waals surface area (Å²) in [4.78, 5) is 34.2. The Bertz CT molecular complexity index is 1060. The zero-order valence-corrected chi connectivity index (χ0v) is 21.6. The van der Waals surface area contributed by atoms with E-state index >= 15 is 0 Å². The SMILES string of the molecule is O=C(CCCC(c1ccccc1)c1ccccc1)OOC(=O)CCCC(c1ccccc1)c1ccccc1. The van der Waals surface area contributed by atoms with Crippen molar-refractivity contribution >= 4 is 11.9 Å². The highest BCUT2D eigenvalue weighted by Crippen LogP contribution is 2.31. The topological polar surface area (TPSA) is 52.6 Å². The van der Waals surface area contributed by atoms with Gasteiger partial charge in [-0.1, -0.05) is 121 Å². The minimum Gasteiger partial charge on any atom is -0.247 e. The molecule has 0 N–H and O–H groups in total. The van der Waals surface area contributed by atoms with E-state index in [1.54, 1.807) is 0 Å². The molecule has 0 spiro atoms. The maximum atomic E-state index is 12.3. The lowest BCUT2D eigenvalue weighted by Crippen LogP contribution is -2.12. The molecule has 0 saturated heterocycles. The second-order valence-corrected chi connectivity index (χ2v) is 9.44. The lowest BCUT2D eigenvalue weighted by molar-refractivity contribution is -0.259. The first-order chi connectivity index (χ1) is 18.7. The van der Waals surface area contributed by atoms with Crippen LogP contribution in [0.1, 0.15) is 72.6 Å². The zero-order chi connectivity index (χ0) is 26.4. The van der Waals surface area contributed by atoms with Gasteiger partial charge in [0.1, 0.15) is 0 Å². The van der Waals surface area contributed by atoms with Crippen LogP contribution in [0.2, 0.25) is 0 Å². The third-order valence-electron chi connectivity index (χ3n) is 6.78. The molecular weight excluding hydrogens is 472 g/mol. The molecule has 0 saturated carbocycles. The molecule has 0 amide bonds. The molecule has 0 heterocycles. The minimum atomic E-state index is -0.523. The summed E-state index contributed by atoms with van der Waals surface area (Å²) in [5.41, 5.74) is 4.84. The van der Waals surface area contributed by atoms with Gasteiger partial charge in [0.15, 0.2) is 0 Å². The predicted octanol–water partition coefficient (Wildman–Crippen LogP) is 7.99. The van der Waals surface area contributed by atoms with E-state index in [4.69, 9.17) is 9.78 Å². The molecule has 0 aliphatic heterocycles. The molecule has 4 nitrogen and oxygen atoms in total. The standard InChI is InChI=1S/C34H34O4/c35-33(25-13-23-31(27-15-5-1-6-16-27)28-17-7-2-8-18-28)37-38-34(36)26-14-24-32(29-19-9-3-10-20-29)30-21-11-4-12-22-30/h1-12,15-22,31-32H,13-14,23-26H2. The maximum Gasteiger partial charge on any atom is 0.355 e. The van der Waals surface area contributed by atoms with Crippen molar-refractivity contribution in [2.75, 3.05) is 0 Å². The van der Waals surface area contributed by atoms with Gasteiger partial charge in [0.05, 0.1) is 12.8 Å². The first-order valence-corrected chi connectivity index (χ1v) is 13.3. The predicted molar refractivity (Wildman–Crippen MR) is 149 cm³/mol. The molecule has 0 unspecified atom stereocenters. The monoisotopic (exact) mass is 506 g/mol. The van der Waals surface area contributed by atoms with E-state index in [1.165, 1.54) is 22.3 Å². The Labute approximate surface area is 225 Å². The van der Waals surface area contributed by atoms with E-state index in [2.05, 4.69) is 48.5 Å². The Morgan fingerprint density at radius 3 is 0.974 bits per heavy atom. The second kappa shape index (κ2) is 14.5. The third-order valence-corrected chi connectivity index (χ3v) is 6.78. The van der Waals surface area contributed by atoms with Gasteiger partial charge in [-0.25, -0.2) is 19.4 Å². The first-order valence-electron chi connectivity index (χ1n) is 13.3. The molecule has 4 aromatic carbocycles. The normalized spacial score (nSPS) is 10.9. The summed E-state index contributed by atoms with van der Waals surface area (Å²) < 4.78 is 0. The Hall–Kier alpha value is -4.18. The summed E-state index contributed by atoms with van der Waals surface area (Å²) in [6, 6.07) is 41.1. The summed E-state index contributed by atoms with van der Waals surface area (Å²) >= 11 is 0. The van der Waals surface area contributed by atoms with E-state index in [0.29, 0.717) is 12.8 Å². The minimum absolute atomic E-state index is 0.188. The summed E-state index contributed by atoms with van der Waals surface area (Å²) in [5.74, 6) is -0.667. The highest BCUT2D eigenvalue weighted by atomic mass is 17.2. The van der Waals surface area contributed by atoms with Crippen LogP contribution >= 0.6 is 0 Å². The summed E-state index contributed by atoms with van der Waals surface area (Å²) in [6.07, 6.45) is 3.21. The van der Waals surface area contributed by atoms with E-state index in [0.717, 1.165) is 12.8 Å². The molecule has 0 aromatic heterocycles. The Balaban J connectivity index is 1.21. The van der Waals surface area contributed by atoms with Gasteiger partial charge >= 0.3 is 11.9 Å². The quantitative estimate of drug-likeness (QED) is 0.144. The van der Waals surface area contributed by atoms with Crippen LogP contribution in [0.4, 0.5) is 0 Å². The van der Waals surface area contributed by atoms with E-state index in [1.807, 2.05) is 72.8 Å². The molecule has 4 aromatic rings. The van der Waals surface area contributed by atoms with Gasteiger partial charge in [0, 0.05) is 11.8 Å². The molecule has 0 fully saturated rings. The van der Waals surface area contributed by atoms with E-state index in [-0.39, 0.29) is 24.7 Å². The average molecular weight is 507 g/mol. The van der Waals surface area contributed by atoms with Crippen molar-refractivity contribution < 1.29 is 19.4 Å². The van der Waals surface area contributed by atoms with Crippen LogP contribution in [0.5, 0.6) is 0 Å². The van der Waals surface area contributed by atoms with Gasteiger partial charge in [0.25, 0.3) is 0 Å². The largest absolute Gasteiger partial charge is 0.355 e. The number of rotatable bonds is 12. The maximum absolute atomic E-state index is 12.3. The lowest BCUT2D eigenvalue weighted by atomic mass is 9.87. The average Bonchev–Trinajstić information content (AvgIpc) is 2.98. The van der Waals surface area contributed by atoms with Crippen LogP contribution < -0.4 is 0 Å². The Morgan fingerprint density at radius 2 is 0.711 bits per heavy atom. The van der Waals surface area contributed by atoms with Crippen molar-refractivity contribution in [2.24, 2.45) is 0 Å². The number of hydrogen-bond donors (Lipinski definition) is 0. The van der Waals surface area contributed by atoms with Crippen molar-refractivity contribution in [2.45, 2.75) is 50.4 Å². The third kappa shape index (κ3) is 8.17. The Morgan fingerprint density at radius 1 is 0.447 bits per heavy atom. The van der Waals surface area contributed by atoms with Crippen LogP contribution in [-0.2, 0) is 19.4 Å². The van der Waals surface area contributed by atoms with Crippen LogP contribution in [0, 0.1) is 0 Å². The highest BCUT2D eigenvalue weighted by molar-refractivity contribution is 5.72. The van der Waals surface area contributed by atoms with Crippen molar-refractivity contribution in [3.8, 4) is 0 Å². The zero-order valence-electron chi connectivity index (χ0n) is 21.6. The fourth-order valence-electron chi connectivity index (χ4n) is 4.87. The highest BCUT2D eigenvalue weighted by Gasteiger charge is 2.17. The summed E-state index contributed by atoms with van der Waals surface area (Å²) in [6.45, 7) is 0. The molecule has 4 rings (SSSR count). The van der Waals surface area contributed by atoms with E-state index < -0.39 is 11.9 Å². The number of hydrogen-bond acceptors (Lipinski definition) is 4. The molecule has 0 radical (unpaired) electrons. The van der Waals surface area contributed by atoms with Gasteiger partial charge in [-0.15, -0.1) is 0 Å². The number of benzene rings is 4. The molecule has 38 heavy (non-hydrogen) atoms. The fraction of sp³-hybridized carbons (Fsp3) is 0.235. The second-order valence-electron chi connectivity index (χ2n) is 9.44. The molecule has 0 aliphatic rings. The van der Waals surface area contributed by atoms with Crippen molar-refractivity contribution in [3.05, 3.63) is 144 Å². The number of carbonyl (C=O) groups excluding carboxylic acids is 2.